The predicted octanol–water partition coefficient (Wildman–Crippen LogP) is 6.39. The molecule has 0 rings (SSSR count). The van der Waals surface area contributed by atoms with Gasteiger partial charge in [-0.3, -0.25) is 0 Å². The van der Waals surface area contributed by atoms with Crippen molar-refractivity contribution < 1.29 is 15.3 Å². The van der Waals surface area contributed by atoms with Gasteiger partial charge in [-0.15, -0.1) is 0 Å². The number of nitrogens with zero attached hydrogens (tertiary/aromatic N) is 1. The third-order valence-electron chi connectivity index (χ3n) is 5.15. The lowest BCUT2D eigenvalue weighted by Gasteiger charge is -2.30. The highest BCUT2D eigenvalue weighted by atomic mass is 16.4. The van der Waals surface area contributed by atoms with Crippen molar-refractivity contribution in [3.05, 3.63) is 6.92 Å². The number of hydrogen-bond acceptors (Lipinski definition) is 4. The van der Waals surface area contributed by atoms with Crippen LogP contribution in [0.2, 0.25) is 0 Å². The summed E-state index contributed by atoms with van der Waals surface area (Å²) in [6.45, 7) is 10.6. The Hall–Kier alpha value is -0.160. The standard InChI is InChI=1S/C18H37.C6H15NO3/c1-3-5-7-9-11-13-15-17-18-16-14-12-10-8-6-4-2;1-4(8)7(5(2)9)6(3)10/h1,3-18H2,2H3;4-6,8-10H,1-3H3. The highest BCUT2D eigenvalue weighted by Gasteiger charge is 2.20. The van der Waals surface area contributed by atoms with Gasteiger partial charge < -0.3 is 15.3 Å². The molecule has 171 valence electrons. The lowest BCUT2D eigenvalue weighted by molar-refractivity contribution is -0.159. The summed E-state index contributed by atoms with van der Waals surface area (Å²) >= 11 is 0. The average molecular weight is 403 g/mol. The molecule has 1 radical (unpaired) electrons. The second-order valence-corrected chi connectivity index (χ2v) is 8.15. The molecule has 0 saturated heterocycles. The molecule has 0 bridgehead atoms. The zero-order chi connectivity index (χ0) is 21.6. The summed E-state index contributed by atoms with van der Waals surface area (Å²) in [6, 6.07) is 0. The predicted molar refractivity (Wildman–Crippen MR) is 122 cm³/mol. The molecule has 0 saturated carbocycles. The first-order valence-corrected chi connectivity index (χ1v) is 12.0. The van der Waals surface area contributed by atoms with Crippen LogP contribution in [-0.4, -0.2) is 38.9 Å². The smallest absolute Gasteiger partial charge is 0.108 e. The summed E-state index contributed by atoms with van der Waals surface area (Å²) in [5.41, 5.74) is 0. The molecular formula is C24H52NO3. The van der Waals surface area contributed by atoms with Gasteiger partial charge >= 0.3 is 0 Å². The van der Waals surface area contributed by atoms with E-state index in [1.807, 2.05) is 0 Å². The molecule has 0 amide bonds. The number of hydrogen-bond donors (Lipinski definition) is 3. The Morgan fingerprint density at radius 1 is 0.536 bits per heavy atom. The highest BCUT2D eigenvalue weighted by Crippen LogP contribution is 2.13. The first-order valence-electron chi connectivity index (χ1n) is 12.0. The van der Waals surface area contributed by atoms with Crippen LogP contribution in [0.25, 0.3) is 0 Å². The Morgan fingerprint density at radius 3 is 0.964 bits per heavy atom. The van der Waals surface area contributed by atoms with Crippen molar-refractivity contribution >= 4 is 0 Å². The normalized spacial score (nSPS) is 14.5. The van der Waals surface area contributed by atoms with E-state index in [-0.39, 0.29) is 0 Å². The van der Waals surface area contributed by atoms with Crippen LogP contribution in [0.15, 0.2) is 0 Å². The Bertz CT molecular complexity index is 248. The summed E-state index contributed by atoms with van der Waals surface area (Å²) in [7, 11) is 0. The van der Waals surface area contributed by atoms with Gasteiger partial charge in [0.15, 0.2) is 0 Å². The fraction of sp³-hybridized carbons (Fsp3) is 0.958. The third kappa shape index (κ3) is 22.1. The second kappa shape index (κ2) is 23.1. The van der Waals surface area contributed by atoms with Gasteiger partial charge in [-0.1, -0.05) is 117 Å². The van der Waals surface area contributed by atoms with E-state index in [9.17, 15) is 0 Å². The molecule has 28 heavy (non-hydrogen) atoms. The van der Waals surface area contributed by atoms with Crippen LogP contribution < -0.4 is 0 Å². The highest BCUT2D eigenvalue weighted by molar-refractivity contribution is 4.58. The average Bonchev–Trinajstić information content (AvgIpc) is 2.61. The van der Waals surface area contributed by atoms with Crippen LogP contribution in [0.1, 0.15) is 130 Å². The zero-order valence-electron chi connectivity index (χ0n) is 19.5. The van der Waals surface area contributed by atoms with Gasteiger partial charge in [0.05, 0.1) is 0 Å². The molecule has 0 aliphatic carbocycles. The molecule has 0 aromatic rings. The molecule has 3 unspecified atom stereocenters. The number of unbranched alkanes of at least 4 members (excludes halogenated alkanes) is 15. The van der Waals surface area contributed by atoms with Crippen LogP contribution in [-0.2, 0) is 0 Å². The molecule has 3 N–H and O–H groups in total. The van der Waals surface area contributed by atoms with Gasteiger partial charge in [0.1, 0.15) is 18.7 Å². The number of aliphatic hydroxyl groups is 3. The van der Waals surface area contributed by atoms with Crippen molar-refractivity contribution in [2.24, 2.45) is 0 Å². The fourth-order valence-electron chi connectivity index (χ4n) is 3.48. The van der Waals surface area contributed by atoms with Crippen molar-refractivity contribution in [1.82, 2.24) is 4.90 Å². The molecule has 0 aromatic heterocycles. The molecular weight excluding hydrogens is 350 g/mol. The third-order valence-corrected chi connectivity index (χ3v) is 5.15. The van der Waals surface area contributed by atoms with Crippen LogP contribution in [0, 0.1) is 6.92 Å². The van der Waals surface area contributed by atoms with E-state index in [1.165, 1.54) is 122 Å². The van der Waals surface area contributed by atoms with Gasteiger partial charge in [-0.05, 0) is 20.8 Å². The van der Waals surface area contributed by atoms with Crippen molar-refractivity contribution in [3.63, 3.8) is 0 Å². The van der Waals surface area contributed by atoms with Crippen LogP contribution in [0.5, 0.6) is 0 Å². The zero-order valence-corrected chi connectivity index (χ0v) is 19.5. The Kier molecular flexibility index (Phi) is 24.8. The Balaban J connectivity index is 0. The minimum absolute atomic E-state index is 0.833. The Labute approximate surface area is 176 Å². The minimum atomic E-state index is -0.833. The molecule has 0 aromatic carbocycles. The van der Waals surface area contributed by atoms with Crippen LogP contribution in [0.4, 0.5) is 0 Å². The van der Waals surface area contributed by atoms with E-state index in [1.54, 1.807) is 0 Å². The summed E-state index contributed by atoms with van der Waals surface area (Å²) in [5, 5.41) is 26.9. The summed E-state index contributed by atoms with van der Waals surface area (Å²) in [6.07, 6.45) is 20.3. The van der Waals surface area contributed by atoms with E-state index in [4.69, 9.17) is 15.3 Å². The van der Waals surface area contributed by atoms with Crippen molar-refractivity contribution in [3.8, 4) is 0 Å². The lowest BCUT2D eigenvalue weighted by atomic mass is 10.0. The van der Waals surface area contributed by atoms with Crippen LogP contribution >= 0.6 is 0 Å². The molecule has 0 aliphatic heterocycles. The van der Waals surface area contributed by atoms with E-state index in [0.29, 0.717) is 0 Å². The maximum absolute atomic E-state index is 8.96. The molecule has 3 atom stereocenters. The van der Waals surface area contributed by atoms with Crippen molar-refractivity contribution in [1.29, 1.82) is 0 Å². The number of rotatable bonds is 18. The summed E-state index contributed by atoms with van der Waals surface area (Å²) in [5.74, 6) is 0. The summed E-state index contributed by atoms with van der Waals surface area (Å²) < 4.78 is 0. The largest absolute Gasteiger partial charge is 0.379 e. The molecule has 0 fully saturated rings. The maximum Gasteiger partial charge on any atom is 0.108 e. The van der Waals surface area contributed by atoms with Gasteiger partial charge in [0.2, 0.25) is 0 Å². The van der Waals surface area contributed by atoms with Crippen LogP contribution in [0.3, 0.4) is 0 Å². The van der Waals surface area contributed by atoms with Gasteiger partial charge in [0.25, 0.3) is 0 Å². The molecule has 0 spiro atoms. The van der Waals surface area contributed by atoms with E-state index in [0.717, 1.165) is 6.42 Å². The number of aliphatic hydroxyl groups excluding tert-OH is 3. The monoisotopic (exact) mass is 402 g/mol. The topological polar surface area (TPSA) is 63.9 Å². The quantitative estimate of drug-likeness (QED) is 0.184. The molecule has 4 nitrogen and oxygen atoms in total. The van der Waals surface area contributed by atoms with Crippen molar-refractivity contribution in [2.45, 2.75) is 149 Å². The summed E-state index contributed by atoms with van der Waals surface area (Å²) in [4.78, 5) is 1.17. The second-order valence-electron chi connectivity index (χ2n) is 8.15. The first kappa shape index (κ1) is 30.0. The van der Waals surface area contributed by atoms with Gasteiger partial charge in [-0.2, -0.15) is 0 Å². The molecule has 0 heterocycles. The van der Waals surface area contributed by atoms with Gasteiger partial charge in [-0.25, -0.2) is 4.90 Å². The lowest BCUT2D eigenvalue weighted by Crippen LogP contribution is -2.45. The Morgan fingerprint density at radius 2 is 0.786 bits per heavy atom. The van der Waals surface area contributed by atoms with E-state index in [2.05, 4.69) is 13.8 Å². The molecule has 4 heteroatoms. The molecule has 0 aliphatic rings. The first-order chi connectivity index (χ1) is 13.4. The van der Waals surface area contributed by atoms with Gasteiger partial charge in [0, 0.05) is 0 Å². The minimum Gasteiger partial charge on any atom is -0.379 e. The fourth-order valence-corrected chi connectivity index (χ4v) is 3.48. The van der Waals surface area contributed by atoms with Crippen molar-refractivity contribution in [2.75, 3.05) is 0 Å². The maximum atomic E-state index is 8.96. The van der Waals surface area contributed by atoms with E-state index < -0.39 is 18.7 Å². The van der Waals surface area contributed by atoms with E-state index >= 15 is 0 Å². The SMILES string of the molecule is CC(O)N(C(C)O)C(C)O.[CH2]CCCCCCCCCCCCCCCCC.